The van der Waals surface area contributed by atoms with Gasteiger partial charge in [0.1, 0.15) is 0 Å². The van der Waals surface area contributed by atoms with Crippen LogP contribution in [0.15, 0.2) is 18.2 Å². The number of carbonyl (C=O) groups is 1. The average Bonchev–Trinajstić information content (AvgIpc) is 2.61. The van der Waals surface area contributed by atoms with Gasteiger partial charge in [-0.25, -0.2) is 4.79 Å². The van der Waals surface area contributed by atoms with Crippen LogP contribution < -0.4 is 5.32 Å². The molecule has 2 fully saturated rings. The predicted molar refractivity (Wildman–Crippen MR) is 97.4 cm³/mol. The third kappa shape index (κ3) is 3.53. The second-order valence-electron chi connectivity index (χ2n) is 7.50. The number of hydrogen-bond acceptors (Lipinski definition) is 3. The van der Waals surface area contributed by atoms with Gasteiger partial charge in [-0.3, -0.25) is 0 Å². The minimum absolute atomic E-state index is 0.0170. The van der Waals surface area contributed by atoms with E-state index >= 15 is 0 Å². The van der Waals surface area contributed by atoms with Gasteiger partial charge in [0.15, 0.2) is 0 Å². The summed E-state index contributed by atoms with van der Waals surface area (Å²) in [7, 11) is 0. The Hall–Kier alpha value is -1.59. The summed E-state index contributed by atoms with van der Waals surface area (Å²) >= 11 is 0. The molecule has 1 aliphatic heterocycles. The quantitative estimate of drug-likeness (QED) is 0.881. The van der Waals surface area contributed by atoms with Crippen LogP contribution >= 0.6 is 0 Å². The van der Waals surface area contributed by atoms with Gasteiger partial charge in [0, 0.05) is 38.1 Å². The van der Waals surface area contributed by atoms with Gasteiger partial charge < -0.3 is 20.1 Å². The van der Waals surface area contributed by atoms with Crippen LogP contribution in [-0.2, 0) is 11.3 Å². The van der Waals surface area contributed by atoms with Crippen molar-refractivity contribution in [2.45, 2.75) is 58.8 Å². The molecular weight excluding hydrogens is 316 g/mol. The van der Waals surface area contributed by atoms with Crippen LogP contribution in [-0.4, -0.2) is 47.9 Å². The number of ether oxygens (including phenoxy) is 1. The number of benzene rings is 1. The van der Waals surface area contributed by atoms with Crippen molar-refractivity contribution in [3.8, 4) is 0 Å². The Balaban J connectivity index is 1.52. The standard InChI is InChI=1S/C20H30N2O3/c1-4-25-18-12-17(23)20(18)7-9-22(10-8-20)19(24)21-13-16-6-5-14(2)11-15(16)3/h5-6,11,17-18,23H,4,7-10,12-13H2,1-3H3,(H,21,24)/t17-,18-/m0/s1. The molecule has 1 aliphatic carbocycles. The molecule has 3 rings (SSSR count). The molecule has 1 aromatic rings. The van der Waals surface area contributed by atoms with Crippen molar-refractivity contribution in [2.75, 3.05) is 19.7 Å². The minimum Gasteiger partial charge on any atom is -0.392 e. The van der Waals surface area contributed by atoms with Gasteiger partial charge in [0.05, 0.1) is 12.2 Å². The molecule has 1 saturated heterocycles. The summed E-state index contributed by atoms with van der Waals surface area (Å²) in [5.41, 5.74) is 3.45. The summed E-state index contributed by atoms with van der Waals surface area (Å²) in [5, 5.41) is 13.3. The number of rotatable bonds is 4. The Kier molecular flexibility index (Phi) is 5.35. The van der Waals surface area contributed by atoms with Crippen LogP contribution in [0.1, 0.15) is 42.9 Å². The molecule has 25 heavy (non-hydrogen) atoms. The van der Waals surface area contributed by atoms with E-state index in [-0.39, 0.29) is 23.7 Å². The fourth-order valence-electron chi connectivity index (χ4n) is 4.27. The maximum Gasteiger partial charge on any atom is 0.317 e. The van der Waals surface area contributed by atoms with E-state index in [1.807, 2.05) is 11.8 Å². The topological polar surface area (TPSA) is 61.8 Å². The van der Waals surface area contributed by atoms with Crippen molar-refractivity contribution < 1.29 is 14.6 Å². The molecule has 0 bridgehead atoms. The Morgan fingerprint density at radius 2 is 2.08 bits per heavy atom. The first-order valence-corrected chi connectivity index (χ1v) is 9.35. The summed E-state index contributed by atoms with van der Waals surface area (Å²) in [6.07, 6.45) is 2.22. The molecule has 0 radical (unpaired) electrons. The third-order valence-corrected chi connectivity index (χ3v) is 6.02. The first kappa shape index (κ1) is 18.2. The van der Waals surface area contributed by atoms with E-state index in [0.29, 0.717) is 26.2 Å². The van der Waals surface area contributed by atoms with E-state index in [4.69, 9.17) is 4.74 Å². The third-order valence-electron chi connectivity index (χ3n) is 6.02. The van der Waals surface area contributed by atoms with Crippen LogP contribution in [0, 0.1) is 19.3 Å². The molecule has 1 aromatic carbocycles. The Bertz CT molecular complexity index is 621. The van der Waals surface area contributed by atoms with Gasteiger partial charge in [-0.2, -0.15) is 0 Å². The molecule has 1 spiro atoms. The highest BCUT2D eigenvalue weighted by molar-refractivity contribution is 5.74. The van der Waals surface area contributed by atoms with Crippen LogP contribution in [0.2, 0.25) is 0 Å². The molecular formula is C20H30N2O3. The number of aliphatic hydroxyl groups excluding tert-OH is 1. The summed E-state index contributed by atoms with van der Waals surface area (Å²) in [6.45, 7) is 8.73. The number of carbonyl (C=O) groups excluding carboxylic acids is 1. The maximum absolute atomic E-state index is 12.5. The average molecular weight is 346 g/mol. The number of urea groups is 1. The second-order valence-corrected chi connectivity index (χ2v) is 7.50. The van der Waals surface area contributed by atoms with Crippen molar-refractivity contribution in [3.05, 3.63) is 34.9 Å². The van der Waals surface area contributed by atoms with E-state index in [0.717, 1.165) is 24.8 Å². The van der Waals surface area contributed by atoms with E-state index in [2.05, 4.69) is 37.4 Å². The fourth-order valence-corrected chi connectivity index (χ4v) is 4.27. The summed E-state index contributed by atoms with van der Waals surface area (Å²) in [5.74, 6) is 0. The number of amides is 2. The van der Waals surface area contributed by atoms with Crippen LogP contribution in [0.25, 0.3) is 0 Å². The monoisotopic (exact) mass is 346 g/mol. The van der Waals surface area contributed by atoms with Crippen molar-refractivity contribution in [1.29, 1.82) is 0 Å². The van der Waals surface area contributed by atoms with Gasteiger partial charge in [-0.1, -0.05) is 23.8 Å². The highest BCUT2D eigenvalue weighted by atomic mass is 16.5. The number of piperidine rings is 1. The van der Waals surface area contributed by atoms with Crippen LogP contribution in [0.4, 0.5) is 4.79 Å². The molecule has 1 heterocycles. The van der Waals surface area contributed by atoms with Crippen molar-refractivity contribution in [2.24, 2.45) is 5.41 Å². The normalized spacial score (nSPS) is 24.9. The molecule has 5 nitrogen and oxygen atoms in total. The molecule has 138 valence electrons. The van der Waals surface area contributed by atoms with Crippen molar-refractivity contribution in [1.82, 2.24) is 10.2 Å². The van der Waals surface area contributed by atoms with Crippen molar-refractivity contribution >= 4 is 6.03 Å². The summed E-state index contributed by atoms with van der Waals surface area (Å²) < 4.78 is 5.79. The number of nitrogens with one attached hydrogen (secondary N) is 1. The molecule has 0 unspecified atom stereocenters. The maximum atomic E-state index is 12.5. The number of hydrogen-bond donors (Lipinski definition) is 2. The first-order chi connectivity index (χ1) is 12.0. The van der Waals surface area contributed by atoms with Gasteiger partial charge in [-0.05, 0) is 44.7 Å². The largest absolute Gasteiger partial charge is 0.392 e. The molecule has 5 heteroatoms. The first-order valence-electron chi connectivity index (χ1n) is 9.35. The van der Waals surface area contributed by atoms with Gasteiger partial charge in [0.2, 0.25) is 0 Å². The van der Waals surface area contributed by atoms with E-state index in [1.165, 1.54) is 11.1 Å². The highest BCUT2D eigenvalue weighted by Crippen LogP contribution is 2.50. The van der Waals surface area contributed by atoms with Crippen LogP contribution in [0.5, 0.6) is 0 Å². The zero-order chi connectivity index (χ0) is 18.0. The summed E-state index contributed by atoms with van der Waals surface area (Å²) in [4.78, 5) is 14.3. The number of aryl methyl sites for hydroxylation is 2. The highest BCUT2D eigenvalue weighted by Gasteiger charge is 2.56. The van der Waals surface area contributed by atoms with Crippen LogP contribution in [0.3, 0.4) is 0 Å². The lowest BCUT2D eigenvalue weighted by molar-refractivity contribution is -0.207. The van der Waals surface area contributed by atoms with Gasteiger partial charge in [-0.15, -0.1) is 0 Å². The number of likely N-dealkylation sites (tertiary alicyclic amines) is 1. The fraction of sp³-hybridized carbons (Fsp3) is 0.650. The van der Waals surface area contributed by atoms with E-state index in [1.54, 1.807) is 0 Å². The van der Waals surface area contributed by atoms with E-state index < -0.39 is 0 Å². The lowest BCUT2D eigenvalue weighted by Gasteiger charge is -2.56. The zero-order valence-electron chi connectivity index (χ0n) is 15.5. The molecule has 2 aliphatic rings. The SMILES string of the molecule is CCO[C@H]1C[C@H](O)C12CCN(C(=O)NCc1ccc(C)cc1C)CC2. The molecule has 1 saturated carbocycles. The van der Waals surface area contributed by atoms with Gasteiger partial charge >= 0.3 is 6.03 Å². The Morgan fingerprint density at radius 1 is 1.36 bits per heavy atom. The lowest BCUT2D eigenvalue weighted by Crippen LogP contribution is -2.63. The van der Waals surface area contributed by atoms with E-state index in [9.17, 15) is 9.90 Å². The zero-order valence-corrected chi connectivity index (χ0v) is 15.5. The Labute approximate surface area is 150 Å². The molecule has 0 aromatic heterocycles. The number of aliphatic hydroxyl groups is 1. The molecule has 2 N–H and O–H groups in total. The second kappa shape index (κ2) is 7.34. The molecule has 2 atom stereocenters. The Morgan fingerprint density at radius 3 is 2.68 bits per heavy atom. The summed E-state index contributed by atoms with van der Waals surface area (Å²) in [6, 6.07) is 6.27. The van der Waals surface area contributed by atoms with Crippen molar-refractivity contribution in [3.63, 3.8) is 0 Å². The molecule has 2 amide bonds. The number of nitrogens with zero attached hydrogens (tertiary/aromatic N) is 1. The smallest absolute Gasteiger partial charge is 0.317 e. The van der Waals surface area contributed by atoms with Gasteiger partial charge in [0.25, 0.3) is 0 Å². The lowest BCUT2D eigenvalue weighted by atomic mass is 9.58. The minimum atomic E-state index is -0.288. The predicted octanol–water partition coefficient (Wildman–Crippen LogP) is 2.76.